The second kappa shape index (κ2) is 7.63. The van der Waals surface area contributed by atoms with Gasteiger partial charge in [-0.25, -0.2) is 13.2 Å². The number of nitrogens with one attached hydrogen (secondary N) is 1. The average Bonchev–Trinajstić information content (AvgIpc) is 3.10. The maximum Gasteiger partial charge on any atom is 0.271 e. The van der Waals surface area contributed by atoms with E-state index < -0.39 is 28.5 Å². The first-order valence-electron chi connectivity index (χ1n) is 9.35. The minimum atomic E-state index is -3.13. The number of ether oxygens (including phenoxy) is 1. The summed E-state index contributed by atoms with van der Waals surface area (Å²) in [7, 11) is 0. The number of hydrogen-bond donors (Lipinski definition) is 2. The first-order chi connectivity index (χ1) is 14.2. The topological polar surface area (TPSA) is 76.7 Å². The van der Waals surface area contributed by atoms with Crippen molar-refractivity contribution in [1.82, 2.24) is 5.32 Å². The first kappa shape index (κ1) is 20.7. The van der Waals surface area contributed by atoms with Gasteiger partial charge in [-0.15, -0.1) is 0 Å². The fourth-order valence-corrected chi connectivity index (χ4v) is 5.31. The Hall–Kier alpha value is -2.52. The molecule has 158 valence electrons. The van der Waals surface area contributed by atoms with Crippen molar-refractivity contribution in [3.8, 4) is 0 Å². The Bertz CT molecular complexity index is 997. The van der Waals surface area contributed by atoms with Gasteiger partial charge in [-0.3, -0.25) is 9.79 Å². The first-order valence-corrected chi connectivity index (χ1v) is 10.2. The third-order valence-electron chi connectivity index (χ3n) is 5.35. The zero-order valence-corrected chi connectivity index (χ0v) is 16.9. The minimum Gasteiger partial charge on any atom is -0.399 e. The van der Waals surface area contributed by atoms with E-state index in [2.05, 4.69) is 10.3 Å². The highest BCUT2D eigenvalue weighted by Gasteiger charge is 2.60. The van der Waals surface area contributed by atoms with E-state index >= 15 is 0 Å². The number of aliphatic imine (C=N–C) groups is 1. The van der Waals surface area contributed by atoms with Gasteiger partial charge in [0.1, 0.15) is 11.9 Å². The predicted molar refractivity (Wildman–Crippen MR) is 110 cm³/mol. The third kappa shape index (κ3) is 3.67. The number of carbonyl (C=O) groups excluding carboxylic acids is 1. The molecule has 1 fully saturated rings. The lowest BCUT2D eigenvalue weighted by Gasteiger charge is -2.38. The lowest BCUT2D eigenvalue weighted by Crippen LogP contribution is -2.47. The number of fused-ring (bicyclic) bond motifs is 1. The lowest BCUT2D eigenvalue weighted by molar-refractivity contribution is -0.115. The van der Waals surface area contributed by atoms with Gasteiger partial charge in [-0.05, 0) is 30.3 Å². The van der Waals surface area contributed by atoms with Gasteiger partial charge in [-0.1, -0.05) is 30.0 Å². The van der Waals surface area contributed by atoms with Crippen LogP contribution in [0.4, 0.5) is 18.9 Å². The summed E-state index contributed by atoms with van der Waals surface area (Å²) in [6.07, 6.45) is -1.43. The molecule has 5 nitrogen and oxygen atoms in total. The van der Waals surface area contributed by atoms with Gasteiger partial charge < -0.3 is 15.8 Å². The molecular formula is C21H20F3N3O2S. The van der Waals surface area contributed by atoms with Crippen molar-refractivity contribution >= 4 is 28.5 Å². The quantitative estimate of drug-likeness (QED) is 0.719. The summed E-state index contributed by atoms with van der Waals surface area (Å²) in [5, 5.41) is 2.93. The van der Waals surface area contributed by atoms with Crippen LogP contribution in [-0.4, -0.2) is 36.3 Å². The van der Waals surface area contributed by atoms with Gasteiger partial charge >= 0.3 is 0 Å². The van der Waals surface area contributed by atoms with Crippen molar-refractivity contribution in [1.29, 1.82) is 0 Å². The molecule has 0 spiro atoms. The van der Waals surface area contributed by atoms with Crippen molar-refractivity contribution in [2.75, 3.05) is 18.9 Å². The molecule has 2 heterocycles. The highest BCUT2D eigenvalue weighted by molar-refractivity contribution is 8.14. The number of amidine groups is 1. The maximum atomic E-state index is 14.8. The smallest absolute Gasteiger partial charge is 0.271 e. The molecular weight excluding hydrogens is 415 g/mol. The normalized spacial score (nSPS) is 26.1. The number of nitrogen functional groups attached to an aromatic ring is 1. The van der Waals surface area contributed by atoms with Crippen LogP contribution in [-0.2, 0) is 9.48 Å². The van der Waals surface area contributed by atoms with E-state index in [0.717, 1.165) is 18.7 Å². The largest absolute Gasteiger partial charge is 0.399 e. The van der Waals surface area contributed by atoms with E-state index in [4.69, 9.17) is 10.5 Å². The van der Waals surface area contributed by atoms with Crippen molar-refractivity contribution in [3.05, 3.63) is 65.5 Å². The Morgan fingerprint density at radius 2 is 2.03 bits per heavy atom. The summed E-state index contributed by atoms with van der Waals surface area (Å²) < 4.78 is 47.6. The second-order valence-electron chi connectivity index (χ2n) is 7.49. The Labute approximate surface area is 175 Å². The molecule has 1 amide bonds. The van der Waals surface area contributed by atoms with Crippen LogP contribution in [0.1, 0.15) is 22.8 Å². The van der Waals surface area contributed by atoms with Gasteiger partial charge in [0.2, 0.25) is 0 Å². The molecule has 2 aliphatic rings. The number of halogens is 3. The highest BCUT2D eigenvalue weighted by atomic mass is 32.2. The molecule has 0 unspecified atom stereocenters. The number of amides is 1. The number of anilines is 1. The molecule has 30 heavy (non-hydrogen) atoms. The summed E-state index contributed by atoms with van der Waals surface area (Å²) in [5.74, 6) is -4.89. The van der Waals surface area contributed by atoms with Crippen LogP contribution in [0.5, 0.6) is 0 Å². The SMILES string of the molecule is CC(F)(F)[C@H]1OC[C@]2(c3cc(N)ccc3F)SC(NC(=O)c3ccccc3)=NC[C@@H]12. The summed E-state index contributed by atoms with van der Waals surface area (Å²) in [6.45, 7) is 0.585. The summed E-state index contributed by atoms with van der Waals surface area (Å²) in [6, 6.07) is 12.6. The van der Waals surface area contributed by atoms with E-state index in [0.29, 0.717) is 11.3 Å². The Morgan fingerprint density at radius 1 is 1.30 bits per heavy atom. The van der Waals surface area contributed by atoms with E-state index in [1.807, 2.05) is 0 Å². The Balaban J connectivity index is 1.71. The number of nitrogens with two attached hydrogens (primary N) is 1. The van der Waals surface area contributed by atoms with Gasteiger partial charge in [-0.2, -0.15) is 0 Å². The zero-order chi connectivity index (χ0) is 21.5. The van der Waals surface area contributed by atoms with Gasteiger partial charge in [0.25, 0.3) is 11.8 Å². The third-order valence-corrected chi connectivity index (χ3v) is 6.78. The molecule has 2 aliphatic heterocycles. The van der Waals surface area contributed by atoms with Crippen LogP contribution < -0.4 is 11.1 Å². The van der Waals surface area contributed by atoms with E-state index in [1.165, 1.54) is 18.2 Å². The van der Waals surface area contributed by atoms with Crippen LogP contribution in [0.2, 0.25) is 0 Å². The van der Waals surface area contributed by atoms with Gasteiger partial charge in [0.15, 0.2) is 5.17 Å². The molecule has 0 bridgehead atoms. The summed E-state index contributed by atoms with van der Waals surface area (Å²) in [5.41, 5.74) is 6.77. The standard InChI is InChI=1S/C21H20F3N3O2S/c1-20(23,24)17-15-10-26-19(27-18(28)12-5-3-2-4-6-12)30-21(15,11-29-17)14-9-13(25)7-8-16(14)22/h2-9,15,17H,10-11,25H2,1H3,(H,26,27,28)/t15-,17-,21+/m0/s1. The number of benzene rings is 2. The predicted octanol–water partition coefficient (Wildman–Crippen LogP) is 3.81. The van der Waals surface area contributed by atoms with Crippen LogP contribution >= 0.6 is 11.8 Å². The van der Waals surface area contributed by atoms with E-state index in [-0.39, 0.29) is 29.8 Å². The van der Waals surface area contributed by atoms with Gasteiger partial charge in [0, 0.05) is 36.2 Å². The fraction of sp³-hybridized carbons (Fsp3) is 0.333. The van der Waals surface area contributed by atoms with Crippen molar-refractivity contribution in [3.63, 3.8) is 0 Å². The number of thioether (sulfide) groups is 1. The van der Waals surface area contributed by atoms with Gasteiger partial charge in [0.05, 0.1) is 11.4 Å². The molecule has 2 aromatic rings. The molecule has 0 radical (unpaired) electrons. The number of hydrogen-bond acceptors (Lipinski definition) is 5. The summed E-state index contributed by atoms with van der Waals surface area (Å²) in [4.78, 5) is 16.8. The molecule has 3 atom stereocenters. The molecule has 9 heteroatoms. The van der Waals surface area contributed by atoms with Crippen molar-refractivity contribution in [2.24, 2.45) is 10.9 Å². The van der Waals surface area contributed by atoms with Crippen LogP contribution in [0.3, 0.4) is 0 Å². The molecule has 3 N–H and O–H groups in total. The molecule has 4 rings (SSSR count). The van der Waals surface area contributed by atoms with Crippen molar-refractivity contribution < 1.29 is 22.7 Å². The molecule has 0 aromatic heterocycles. The Kier molecular flexibility index (Phi) is 5.27. The minimum absolute atomic E-state index is 0.0419. The lowest BCUT2D eigenvalue weighted by atomic mass is 9.82. The molecule has 0 aliphatic carbocycles. The number of carbonyl (C=O) groups is 1. The van der Waals surface area contributed by atoms with E-state index in [1.54, 1.807) is 30.3 Å². The van der Waals surface area contributed by atoms with Crippen molar-refractivity contribution in [2.45, 2.75) is 23.7 Å². The fourth-order valence-electron chi connectivity index (χ4n) is 3.94. The monoisotopic (exact) mass is 435 g/mol. The Morgan fingerprint density at radius 3 is 2.73 bits per heavy atom. The molecule has 1 saturated heterocycles. The van der Waals surface area contributed by atoms with Crippen LogP contribution in [0.15, 0.2) is 53.5 Å². The second-order valence-corrected chi connectivity index (χ2v) is 8.81. The van der Waals surface area contributed by atoms with E-state index in [9.17, 15) is 18.0 Å². The highest BCUT2D eigenvalue weighted by Crippen LogP contribution is 2.55. The zero-order valence-electron chi connectivity index (χ0n) is 16.1. The van der Waals surface area contributed by atoms with Crippen LogP contribution in [0, 0.1) is 11.7 Å². The molecule has 2 aromatic carbocycles. The summed E-state index contributed by atoms with van der Waals surface area (Å²) >= 11 is 1.03. The molecule has 0 saturated carbocycles. The van der Waals surface area contributed by atoms with Crippen LogP contribution in [0.25, 0.3) is 0 Å². The number of nitrogens with zero attached hydrogens (tertiary/aromatic N) is 1. The number of alkyl halides is 2. The maximum absolute atomic E-state index is 14.8. The average molecular weight is 435 g/mol. The number of rotatable bonds is 3.